The topological polar surface area (TPSA) is 48.5 Å². The lowest BCUT2D eigenvalue weighted by molar-refractivity contribution is 0.0678. The van der Waals surface area contributed by atoms with Gasteiger partial charge in [-0.25, -0.2) is 9.37 Å². The molecule has 0 aliphatic rings. The van der Waals surface area contributed by atoms with Gasteiger partial charge in [-0.2, -0.15) is 8.78 Å². The predicted octanol–water partition coefficient (Wildman–Crippen LogP) is 3.51. The minimum atomic E-state index is -2.62. The van der Waals surface area contributed by atoms with Crippen molar-refractivity contribution in [2.24, 2.45) is 7.05 Å². The fourth-order valence-corrected chi connectivity index (χ4v) is 2.91. The molecular formula is C14H12F3N5S. The lowest BCUT2D eigenvalue weighted by Gasteiger charge is -2.06. The summed E-state index contributed by atoms with van der Waals surface area (Å²) in [5, 5.41) is 8.68. The normalized spacial score (nSPS) is 11.3. The SMILES string of the molecule is Cn1c(SCc2nccn2C(F)F)nnc1-c1ccc(F)cc1. The molecule has 0 unspecified atom stereocenters. The average molecular weight is 339 g/mol. The van der Waals surface area contributed by atoms with E-state index in [2.05, 4.69) is 15.2 Å². The summed E-state index contributed by atoms with van der Waals surface area (Å²) in [5.74, 6) is 0.748. The Balaban J connectivity index is 1.77. The van der Waals surface area contributed by atoms with Crippen LogP contribution in [-0.2, 0) is 12.8 Å². The summed E-state index contributed by atoms with van der Waals surface area (Å²) >= 11 is 1.25. The third-order valence-electron chi connectivity index (χ3n) is 3.23. The van der Waals surface area contributed by atoms with Gasteiger partial charge in [-0.3, -0.25) is 4.57 Å². The maximum absolute atomic E-state index is 13.0. The molecule has 5 nitrogen and oxygen atoms in total. The Kier molecular flexibility index (Phi) is 4.37. The van der Waals surface area contributed by atoms with E-state index in [1.165, 1.54) is 36.3 Å². The minimum absolute atomic E-state index is 0.243. The number of halogens is 3. The number of hydrogen-bond donors (Lipinski definition) is 0. The van der Waals surface area contributed by atoms with Gasteiger partial charge in [-0.1, -0.05) is 11.8 Å². The third kappa shape index (κ3) is 3.24. The second-order valence-corrected chi connectivity index (χ2v) is 5.63. The number of benzene rings is 1. The largest absolute Gasteiger partial charge is 0.319 e. The summed E-state index contributed by atoms with van der Waals surface area (Å²) in [5.41, 5.74) is 0.724. The van der Waals surface area contributed by atoms with E-state index in [-0.39, 0.29) is 17.4 Å². The second kappa shape index (κ2) is 6.45. The Morgan fingerprint density at radius 2 is 1.91 bits per heavy atom. The smallest absolute Gasteiger partial charge is 0.305 e. The number of rotatable bonds is 5. The Morgan fingerprint density at radius 1 is 1.17 bits per heavy atom. The van der Waals surface area contributed by atoms with E-state index < -0.39 is 6.55 Å². The number of aromatic nitrogens is 5. The van der Waals surface area contributed by atoms with Gasteiger partial charge in [0.2, 0.25) is 0 Å². The molecule has 3 aromatic rings. The zero-order valence-corrected chi connectivity index (χ0v) is 12.8. The fraction of sp³-hybridized carbons (Fsp3) is 0.214. The van der Waals surface area contributed by atoms with Gasteiger partial charge in [-0.15, -0.1) is 10.2 Å². The van der Waals surface area contributed by atoms with Gasteiger partial charge in [-0.05, 0) is 24.3 Å². The molecule has 0 aliphatic carbocycles. The second-order valence-electron chi connectivity index (χ2n) is 4.69. The van der Waals surface area contributed by atoms with Crippen LogP contribution in [0, 0.1) is 5.82 Å². The van der Waals surface area contributed by atoms with E-state index in [0.717, 1.165) is 10.1 Å². The van der Waals surface area contributed by atoms with Crippen molar-refractivity contribution in [3.63, 3.8) is 0 Å². The Hall–Kier alpha value is -2.29. The van der Waals surface area contributed by atoms with E-state index in [1.807, 2.05) is 0 Å². The minimum Gasteiger partial charge on any atom is -0.305 e. The molecule has 0 amide bonds. The van der Waals surface area contributed by atoms with Crippen molar-refractivity contribution in [3.05, 3.63) is 48.3 Å². The molecular weight excluding hydrogens is 327 g/mol. The van der Waals surface area contributed by atoms with Gasteiger partial charge < -0.3 is 4.57 Å². The van der Waals surface area contributed by atoms with Gasteiger partial charge in [0, 0.05) is 25.0 Å². The van der Waals surface area contributed by atoms with Crippen LogP contribution in [0.15, 0.2) is 41.8 Å². The molecule has 23 heavy (non-hydrogen) atoms. The van der Waals surface area contributed by atoms with Gasteiger partial charge in [0.1, 0.15) is 11.6 Å². The van der Waals surface area contributed by atoms with Crippen molar-refractivity contribution in [1.82, 2.24) is 24.3 Å². The molecule has 3 rings (SSSR count). The molecule has 0 N–H and O–H groups in total. The molecule has 0 radical (unpaired) electrons. The van der Waals surface area contributed by atoms with Crippen LogP contribution >= 0.6 is 11.8 Å². The van der Waals surface area contributed by atoms with E-state index in [4.69, 9.17) is 0 Å². The first kappa shape index (κ1) is 15.6. The highest BCUT2D eigenvalue weighted by atomic mass is 32.2. The zero-order chi connectivity index (χ0) is 16.4. The molecule has 2 aromatic heterocycles. The maximum Gasteiger partial charge on any atom is 0.319 e. The van der Waals surface area contributed by atoms with Crippen molar-refractivity contribution in [2.75, 3.05) is 0 Å². The number of nitrogens with zero attached hydrogens (tertiary/aromatic N) is 5. The van der Waals surface area contributed by atoms with Gasteiger partial charge in [0.15, 0.2) is 11.0 Å². The summed E-state index contributed by atoms with van der Waals surface area (Å²) in [4.78, 5) is 3.92. The molecule has 120 valence electrons. The fourth-order valence-electron chi connectivity index (χ4n) is 2.05. The predicted molar refractivity (Wildman–Crippen MR) is 79.4 cm³/mol. The first-order valence-electron chi connectivity index (χ1n) is 6.64. The molecule has 1 aromatic carbocycles. The quantitative estimate of drug-likeness (QED) is 0.668. The lowest BCUT2D eigenvalue weighted by atomic mass is 10.2. The Morgan fingerprint density at radius 3 is 2.61 bits per heavy atom. The van der Waals surface area contributed by atoms with Crippen LogP contribution in [0.1, 0.15) is 12.4 Å². The first-order chi connectivity index (χ1) is 11.1. The van der Waals surface area contributed by atoms with Gasteiger partial charge in [0.05, 0.1) is 5.75 Å². The van der Waals surface area contributed by atoms with Crippen molar-refractivity contribution in [3.8, 4) is 11.4 Å². The summed E-state index contributed by atoms with van der Waals surface area (Å²) in [6.07, 6.45) is 2.57. The van der Waals surface area contributed by atoms with Crippen LogP contribution in [0.3, 0.4) is 0 Å². The average Bonchev–Trinajstić information content (AvgIpc) is 3.13. The standard InChI is InChI=1S/C14H12F3N5S/c1-21-12(9-2-4-10(15)5-3-9)19-20-14(21)23-8-11-18-6-7-22(11)13(16)17/h2-7,13H,8H2,1H3. The summed E-state index contributed by atoms with van der Waals surface area (Å²) in [6, 6.07) is 5.90. The number of alkyl halides is 2. The molecule has 0 spiro atoms. The van der Waals surface area contributed by atoms with Crippen LogP contribution in [-0.4, -0.2) is 24.3 Å². The van der Waals surface area contributed by atoms with Crippen LogP contribution in [0.25, 0.3) is 11.4 Å². The molecule has 0 fully saturated rings. The number of thioether (sulfide) groups is 1. The van der Waals surface area contributed by atoms with Crippen LogP contribution in [0.5, 0.6) is 0 Å². The highest BCUT2D eigenvalue weighted by Crippen LogP contribution is 2.26. The van der Waals surface area contributed by atoms with E-state index >= 15 is 0 Å². The molecule has 0 saturated carbocycles. The van der Waals surface area contributed by atoms with Crippen molar-refractivity contribution >= 4 is 11.8 Å². The number of imidazole rings is 1. The summed E-state index contributed by atoms with van der Waals surface area (Å²) < 4.78 is 41.1. The molecule has 9 heteroatoms. The van der Waals surface area contributed by atoms with E-state index in [9.17, 15) is 13.2 Å². The van der Waals surface area contributed by atoms with E-state index in [0.29, 0.717) is 11.0 Å². The monoisotopic (exact) mass is 339 g/mol. The van der Waals surface area contributed by atoms with Crippen LogP contribution in [0.4, 0.5) is 13.2 Å². The highest BCUT2D eigenvalue weighted by Gasteiger charge is 2.15. The summed E-state index contributed by atoms with van der Waals surface area (Å²) in [7, 11) is 1.76. The maximum atomic E-state index is 13.0. The molecule has 0 bridgehead atoms. The Labute approximate surface area is 134 Å². The Bertz CT molecular complexity index is 797. The van der Waals surface area contributed by atoms with Crippen LogP contribution in [0.2, 0.25) is 0 Å². The number of hydrogen-bond acceptors (Lipinski definition) is 4. The van der Waals surface area contributed by atoms with Crippen molar-refractivity contribution in [2.45, 2.75) is 17.5 Å². The van der Waals surface area contributed by atoms with Gasteiger partial charge >= 0.3 is 6.55 Å². The lowest BCUT2D eigenvalue weighted by Crippen LogP contribution is -2.03. The molecule has 0 saturated heterocycles. The van der Waals surface area contributed by atoms with Crippen molar-refractivity contribution < 1.29 is 13.2 Å². The van der Waals surface area contributed by atoms with E-state index in [1.54, 1.807) is 23.7 Å². The summed E-state index contributed by atoms with van der Waals surface area (Å²) in [6.45, 7) is -2.62. The van der Waals surface area contributed by atoms with Gasteiger partial charge in [0.25, 0.3) is 0 Å². The molecule has 2 heterocycles. The third-order valence-corrected chi connectivity index (χ3v) is 4.24. The first-order valence-corrected chi connectivity index (χ1v) is 7.63. The van der Waals surface area contributed by atoms with Crippen LogP contribution < -0.4 is 0 Å². The highest BCUT2D eigenvalue weighted by molar-refractivity contribution is 7.98. The zero-order valence-electron chi connectivity index (χ0n) is 12.0. The molecule has 0 atom stereocenters. The molecule has 0 aliphatic heterocycles. The van der Waals surface area contributed by atoms with Crippen molar-refractivity contribution in [1.29, 1.82) is 0 Å².